The molecule has 2 aromatic heterocycles. The molecular formula is C22H20ClN5O4. The maximum absolute atomic E-state index is 12.4. The monoisotopic (exact) mass is 453 g/mol. The molecule has 4 rings (SSSR count). The van der Waals surface area contributed by atoms with Crippen molar-refractivity contribution in [2.24, 2.45) is 0 Å². The summed E-state index contributed by atoms with van der Waals surface area (Å²) in [5.74, 6) is 4.94. The number of carbonyl (C=O) groups excluding carboxylic acids is 2. The third-order valence-electron chi connectivity index (χ3n) is 5.26. The fraction of sp³-hybridized carbons (Fsp3) is 0.273. The van der Waals surface area contributed by atoms with Crippen LogP contribution in [-0.4, -0.2) is 70.0 Å². The van der Waals surface area contributed by atoms with Gasteiger partial charge in [0.15, 0.2) is 5.69 Å². The number of hydrogen-bond donors (Lipinski definition) is 2. The molecule has 1 amide bonds. The van der Waals surface area contributed by atoms with Gasteiger partial charge in [0, 0.05) is 38.7 Å². The third kappa shape index (κ3) is 3.64. The van der Waals surface area contributed by atoms with E-state index in [9.17, 15) is 14.7 Å². The Kier molecular flexibility index (Phi) is 5.50. The van der Waals surface area contributed by atoms with E-state index in [2.05, 4.69) is 27.2 Å². The SMILES string of the molecule is CNc1nc(Cl)cc2c1c(C(=O)OC)nn2-c1cccc(C#C[C@]2(O)CCN(C)C2=O)c1. The Bertz CT molecular complexity index is 1310. The number of hydrogen-bond acceptors (Lipinski definition) is 7. The van der Waals surface area contributed by atoms with E-state index in [1.54, 1.807) is 49.1 Å². The molecule has 164 valence electrons. The number of fused-ring (bicyclic) bond motifs is 1. The third-order valence-corrected chi connectivity index (χ3v) is 5.46. The predicted octanol–water partition coefficient (Wildman–Crippen LogP) is 1.85. The number of nitrogens with one attached hydrogen (secondary N) is 1. The number of esters is 1. The Morgan fingerprint density at radius 3 is 2.81 bits per heavy atom. The summed E-state index contributed by atoms with van der Waals surface area (Å²) in [5.41, 5.74) is 0.105. The molecule has 0 radical (unpaired) electrons. The lowest BCUT2D eigenvalue weighted by atomic mass is 10.0. The number of likely N-dealkylation sites (N-methyl/N-ethyl adjacent to an activating group) is 1. The lowest BCUT2D eigenvalue weighted by molar-refractivity contribution is -0.137. The maximum atomic E-state index is 12.4. The largest absolute Gasteiger partial charge is 0.464 e. The molecule has 3 aromatic rings. The first-order chi connectivity index (χ1) is 15.3. The van der Waals surface area contributed by atoms with Crippen LogP contribution in [0, 0.1) is 11.8 Å². The summed E-state index contributed by atoms with van der Waals surface area (Å²) in [5, 5.41) is 18.6. The lowest BCUT2D eigenvalue weighted by Gasteiger charge is -2.13. The Morgan fingerprint density at radius 2 is 2.16 bits per heavy atom. The standard InChI is InChI=1S/C22H20ClN5O4/c1-24-19-17-15(12-16(23)25-19)28(26-18(17)20(29)32-3)14-6-4-5-13(11-14)7-8-22(31)9-10-27(2)21(22)30/h4-6,11-12,31H,9-10H2,1-3H3,(H,24,25)/t22-/m0/s1. The van der Waals surface area contributed by atoms with Gasteiger partial charge in [-0.15, -0.1) is 0 Å². The first-order valence-corrected chi connectivity index (χ1v) is 10.1. The maximum Gasteiger partial charge on any atom is 0.359 e. The van der Waals surface area contributed by atoms with Crippen molar-refractivity contribution >= 4 is 40.2 Å². The van der Waals surface area contributed by atoms with Crippen molar-refractivity contribution in [2.45, 2.75) is 12.0 Å². The number of benzene rings is 1. The van der Waals surface area contributed by atoms with Gasteiger partial charge < -0.3 is 20.1 Å². The molecule has 0 saturated carbocycles. The van der Waals surface area contributed by atoms with Crippen molar-refractivity contribution in [1.29, 1.82) is 0 Å². The average molecular weight is 454 g/mol. The van der Waals surface area contributed by atoms with Gasteiger partial charge in [-0.25, -0.2) is 14.5 Å². The molecular weight excluding hydrogens is 434 g/mol. The number of nitrogens with zero attached hydrogens (tertiary/aromatic N) is 4. The van der Waals surface area contributed by atoms with Gasteiger partial charge in [0.25, 0.3) is 5.91 Å². The predicted molar refractivity (Wildman–Crippen MR) is 119 cm³/mol. The molecule has 2 N–H and O–H groups in total. The van der Waals surface area contributed by atoms with Crippen LogP contribution in [0.1, 0.15) is 22.5 Å². The van der Waals surface area contributed by atoms with Gasteiger partial charge in [0.05, 0.1) is 23.7 Å². The summed E-state index contributed by atoms with van der Waals surface area (Å²) >= 11 is 6.18. The minimum absolute atomic E-state index is 0.0846. The van der Waals surface area contributed by atoms with Crippen LogP contribution in [0.2, 0.25) is 5.15 Å². The smallest absolute Gasteiger partial charge is 0.359 e. The molecule has 1 aromatic carbocycles. The second kappa shape index (κ2) is 8.15. The van der Waals surface area contributed by atoms with Crippen molar-refractivity contribution in [2.75, 3.05) is 33.1 Å². The van der Waals surface area contributed by atoms with Gasteiger partial charge in [-0.1, -0.05) is 29.5 Å². The first-order valence-electron chi connectivity index (χ1n) is 9.74. The number of carbonyl (C=O) groups is 2. The summed E-state index contributed by atoms with van der Waals surface area (Å²) in [6, 6.07) is 8.64. The number of ether oxygens (including phenoxy) is 1. The highest BCUT2D eigenvalue weighted by Crippen LogP contribution is 2.30. The molecule has 1 atom stereocenters. The van der Waals surface area contributed by atoms with Crippen LogP contribution in [0.3, 0.4) is 0 Å². The quantitative estimate of drug-likeness (QED) is 0.354. The van der Waals surface area contributed by atoms with E-state index >= 15 is 0 Å². The highest BCUT2D eigenvalue weighted by molar-refractivity contribution is 6.30. The van der Waals surface area contributed by atoms with E-state index in [0.717, 1.165) is 0 Å². The van der Waals surface area contributed by atoms with Crippen LogP contribution in [0.4, 0.5) is 5.82 Å². The highest BCUT2D eigenvalue weighted by atomic mass is 35.5. The number of halogens is 1. The first kappa shape index (κ1) is 21.6. The van der Waals surface area contributed by atoms with E-state index < -0.39 is 17.5 Å². The molecule has 9 nitrogen and oxygen atoms in total. The van der Waals surface area contributed by atoms with Crippen molar-refractivity contribution in [1.82, 2.24) is 19.7 Å². The molecule has 1 aliphatic heterocycles. The van der Waals surface area contributed by atoms with Gasteiger partial charge in [-0.3, -0.25) is 4.79 Å². The number of pyridine rings is 1. The molecule has 0 unspecified atom stereocenters. The zero-order valence-electron chi connectivity index (χ0n) is 17.6. The summed E-state index contributed by atoms with van der Waals surface area (Å²) in [4.78, 5) is 30.2. The van der Waals surface area contributed by atoms with Gasteiger partial charge >= 0.3 is 5.97 Å². The van der Waals surface area contributed by atoms with Crippen LogP contribution < -0.4 is 5.32 Å². The number of likely N-dealkylation sites (tertiary alicyclic amines) is 1. The summed E-state index contributed by atoms with van der Waals surface area (Å²) in [6.45, 7) is 0.447. The molecule has 1 aliphatic rings. The molecule has 3 heterocycles. The van der Waals surface area contributed by atoms with E-state index in [1.807, 2.05) is 0 Å². The van der Waals surface area contributed by atoms with Crippen molar-refractivity contribution in [3.05, 3.63) is 46.7 Å². The highest BCUT2D eigenvalue weighted by Gasteiger charge is 2.42. The van der Waals surface area contributed by atoms with Crippen LogP contribution in [0.5, 0.6) is 0 Å². The van der Waals surface area contributed by atoms with Crippen molar-refractivity contribution < 1.29 is 19.4 Å². The van der Waals surface area contributed by atoms with Crippen LogP contribution >= 0.6 is 11.6 Å². The fourth-order valence-electron chi connectivity index (χ4n) is 3.58. The van der Waals surface area contributed by atoms with Crippen molar-refractivity contribution in [3.63, 3.8) is 0 Å². The second-order valence-corrected chi connectivity index (χ2v) is 7.71. The number of aromatic nitrogens is 3. The summed E-state index contributed by atoms with van der Waals surface area (Å²) in [6.07, 6.45) is 0.250. The molecule has 1 saturated heterocycles. The molecule has 10 heteroatoms. The van der Waals surface area contributed by atoms with Crippen LogP contribution in [0.25, 0.3) is 16.6 Å². The molecule has 0 aliphatic carbocycles. The zero-order valence-corrected chi connectivity index (χ0v) is 18.4. The van der Waals surface area contributed by atoms with Crippen LogP contribution in [0.15, 0.2) is 30.3 Å². The minimum Gasteiger partial charge on any atom is -0.464 e. The van der Waals surface area contributed by atoms with E-state index in [1.165, 1.54) is 12.0 Å². The Morgan fingerprint density at radius 1 is 1.38 bits per heavy atom. The Labute approximate surface area is 188 Å². The van der Waals surface area contributed by atoms with E-state index in [4.69, 9.17) is 16.3 Å². The molecule has 0 bridgehead atoms. The van der Waals surface area contributed by atoms with Gasteiger partial charge in [-0.05, 0) is 18.2 Å². The van der Waals surface area contributed by atoms with Gasteiger partial charge in [-0.2, -0.15) is 5.10 Å². The molecule has 1 fully saturated rings. The normalized spacial score (nSPS) is 17.9. The van der Waals surface area contributed by atoms with E-state index in [0.29, 0.717) is 34.5 Å². The molecule has 0 spiro atoms. The Balaban J connectivity index is 1.83. The topological polar surface area (TPSA) is 110 Å². The zero-order chi connectivity index (χ0) is 23.0. The lowest BCUT2D eigenvalue weighted by Crippen LogP contribution is -2.37. The number of aliphatic hydroxyl groups is 1. The fourth-order valence-corrected chi connectivity index (χ4v) is 3.77. The van der Waals surface area contributed by atoms with Crippen molar-refractivity contribution in [3.8, 4) is 17.5 Å². The second-order valence-electron chi connectivity index (χ2n) is 7.33. The number of anilines is 1. The van der Waals surface area contributed by atoms with Gasteiger partial charge in [0.1, 0.15) is 11.0 Å². The number of rotatable bonds is 3. The minimum atomic E-state index is -1.69. The molecule has 32 heavy (non-hydrogen) atoms. The number of methoxy groups -OCH3 is 1. The average Bonchev–Trinajstić information content (AvgIpc) is 3.30. The van der Waals surface area contributed by atoms with E-state index in [-0.39, 0.29) is 17.3 Å². The number of amides is 1. The summed E-state index contributed by atoms with van der Waals surface area (Å²) < 4.78 is 6.43. The van der Waals surface area contributed by atoms with Gasteiger partial charge in [0.2, 0.25) is 5.60 Å². The Hall–Kier alpha value is -3.61. The summed E-state index contributed by atoms with van der Waals surface area (Å²) in [7, 11) is 4.57. The van der Waals surface area contributed by atoms with Crippen LogP contribution in [-0.2, 0) is 9.53 Å².